The number of aromatic nitrogens is 3. The molecule has 0 spiro atoms. The molecule has 0 unspecified atom stereocenters. The first-order valence-electron chi connectivity index (χ1n) is 7.59. The number of nitrogens with zero attached hydrogens (tertiary/aromatic N) is 5. The zero-order chi connectivity index (χ0) is 16.5. The van der Waals surface area contributed by atoms with E-state index < -0.39 is 0 Å². The van der Waals surface area contributed by atoms with E-state index in [1.165, 1.54) is 10.7 Å². The van der Waals surface area contributed by atoms with Crippen LogP contribution in [-0.4, -0.2) is 20.6 Å². The standard InChI is InChI=1S/C17H13N7/c18-8-11-2-1-3-13(6-11)22-16-7-15(21-12-4-5-12)17-20-10-14(9-19)24(17)23-16/h1-3,6-7,10,12,21H,4-5H2,(H,22,23). The number of nitriles is 2. The highest BCUT2D eigenvalue weighted by molar-refractivity contribution is 5.73. The summed E-state index contributed by atoms with van der Waals surface area (Å²) in [5.74, 6) is 0.579. The van der Waals surface area contributed by atoms with Crippen LogP contribution in [0.1, 0.15) is 24.1 Å². The van der Waals surface area contributed by atoms with Gasteiger partial charge in [-0.3, -0.25) is 0 Å². The molecule has 116 valence electrons. The fraction of sp³-hybridized carbons (Fsp3) is 0.176. The smallest absolute Gasteiger partial charge is 0.178 e. The van der Waals surface area contributed by atoms with Crippen molar-refractivity contribution in [2.75, 3.05) is 10.6 Å². The van der Waals surface area contributed by atoms with Gasteiger partial charge in [-0.05, 0) is 31.0 Å². The summed E-state index contributed by atoms with van der Waals surface area (Å²) in [7, 11) is 0. The van der Waals surface area contributed by atoms with E-state index >= 15 is 0 Å². The van der Waals surface area contributed by atoms with Crippen molar-refractivity contribution in [2.45, 2.75) is 18.9 Å². The minimum Gasteiger partial charge on any atom is -0.379 e. The monoisotopic (exact) mass is 315 g/mol. The summed E-state index contributed by atoms with van der Waals surface area (Å²) >= 11 is 0. The fourth-order valence-corrected chi connectivity index (χ4v) is 2.47. The molecule has 2 N–H and O–H groups in total. The fourth-order valence-electron chi connectivity index (χ4n) is 2.47. The van der Waals surface area contributed by atoms with Gasteiger partial charge in [0.2, 0.25) is 0 Å². The van der Waals surface area contributed by atoms with Crippen molar-refractivity contribution >= 4 is 22.8 Å². The Bertz CT molecular complexity index is 1000. The number of anilines is 3. The molecule has 0 saturated heterocycles. The van der Waals surface area contributed by atoms with Gasteiger partial charge in [0.05, 0.1) is 23.5 Å². The van der Waals surface area contributed by atoms with E-state index in [0.717, 1.165) is 24.2 Å². The van der Waals surface area contributed by atoms with Crippen molar-refractivity contribution in [3.05, 3.63) is 47.8 Å². The predicted molar refractivity (Wildman–Crippen MR) is 88.8 cm³/mol. The second-order valence-electron chi connectivity index (χ2n) is 5.67. The Hall–Kier alpha value is -3.58. The van der Waals surface area contributed by atoms with E-state index in [1.807, 2.05) is 12.1 Å². The van der Waals surface area contributed by atoms with Crippen molar-refractivity contribution < 1.29 is 0 Å². The number of hydrogen-bond acceptors (Lipinski definition) is 6. The minimum atomic E-state index is 0.373. The Labute approximate surface area is 138 Å². The molecule has 1 saturated carbocycles. The van der Waals surface area contributed by atoms with E-state index in [1.54, 1.807) is 18.2 Å². The molecule has 2 aromatic heterocycles. The molecule has 7 nitrogen and oxygen atoms in total. The SMILES string of the molecule is N#Cc1cccc(Nc2cc(NC3CC3)c3ncc(C#N)n3n2)c1. The lowest BCUT2D eigenvalue weighted by atomic mass is 10.2. The lowest BCUT2D eigenvalue weighted by Crippen LogP contribution is -2.07. The number of benzene rings is 1. The molecule has 1 aliphatic rings. The molecule has 0 atom stereocenters. The molecule has 4 rings (SSSR count). The highest BCUT2D eigenvalue weighted by Crippen LogP contribution is 2.29. The maximum Gasteiger partial charge on any atom is 0.178 e. The van der Waals surface area contributed by atoms with Crippen molar-refractivity contribution in [3.8, 4) is 12.1 Å². The van der Waals surface area contributed by atoms with Crippen LogP contribution in [0.2, 0.25) is 0 Å². The Morgan fingerprint density at radius 3 is 2.79 bits per heavy atom. The van der Waals surface area contributed by atoms with Crippen LogP contribution in [-0.2, 0) is 0 Å². The van der Waals surface area contributed by atoms with E-state index in [0.29, 0.717) is 28.8 Å². The number of imidazole rings is 1. The van der Waals surface area contributed by atoms with Gasteiger partial charge in [-0.1, -0.05) is 6.07 Å². The van der Waals surface area contributed by atoms with Crippen LogP contribution in [0.4, 0.5) is 17.2 Å². The molecule has 24 heavy (non-hydrogen) atoms. The van der Waals surface area contributed by atoms with E-state index in [-0.39, 0.29) is 0 Å². The molecule has 0 radical (unpaired) electrons. The normalized spacial score (nSPS) is 13.2. The first-order chi connectivity index (χ1) is 11.8. The zero-order valence-electron chi connectivity index (χ0n) is 12.7. The second kappa shape index (κ2) is 5.56. The summed E-state index contributed by atoms with van der Waals surface area (Å²) in [6.07, 6.45) is 3.78. The third kappa shape index (κ3) is 2.59. The molecule has 0 aliphatic heterocycles. The Kier molecular flexibility index (Phi) is 3.25. The van der Waals surface area contributed by atoms with E-state index in [2.05, 4.69) is 32.9 Å². The van der Waals surface area contributed by atoms with Gasteiger partial charge in [-0.2, -0.15) is 15.0 Å². The zero-order valence-corrected chi connectivity index (χ0v) is 12.7. The highest BCUT2D eigenvalue weighted by atomic mass is 15.3. The number of fused-ring (bicyclic) bond motifs is 1. The number of nitrogens with one attached hydrogen (secondary N) is 2. The third-order valence-electron chi connectivity index (χ3n) is 3.78. The average molecular weight is 315 g/mol. The number of hydrogen-bond donors (Lipinski definition) is 2. The Morgan fingerprint density at radius 2 is 2.04 bits per heavy atom. The quantitative estimate of drug-likeness (QED) is 0.767. The summed E-state index contributed by atoms with van der Waals surface area (Å²) in [6.45, 7) is 0. The van der Waals surface area contributed by atoms with Gasteiger partial charge in [0.25, 0.3) is 0 Å². The lowest BCUT2D eigenvalue weighted by molar-refractivity contribution is 0.924. The molecule has 7 heteroatoms. The summed E-state index contributed by atoms with van der Waals surface area (Å²) in [4.78, 5) is 4.29. The first-order valence-corrected chi connectivity index (χ1v) is 7.59. The largest absolute Gasteiger partial charge is 0.379 e. The number of rotatable bonds is 4. The van der Waals surface area contributed by atoms with Crippen LogP contribution in [0.5, 0.6) is 0 Å². The summed E-state index contributed by atoms with van der Waals surface area (Å²) < 4.78 is 1.53. The van der Waals surface area contributed by atoms with Crippen molar-refractivity contribution in [3.63, 3.8) is 0 Å². The highest BCUT2D eigenvalue weighted by Gasteiger charge is 2.23. The van der Waals surface area contributed by atoms with Gasteiger partial charge >= 0.3 is 0 Å². The predicted octanol–water partition coefficient (Wildman–Crippen LogP) is 2.79. The molecule has 0 bridgehead atoms. The third-order valence-corrected chi connectivity index (χ3v) is 3.78. The lowest BCUT2D eigenvalue weighted by Gasteiger charge is -2.11. The second-order valence-corrected chi connectivity index (χ2v) is 5.67. The van der Waals surface area contributed by atoms with Crippen molar-refractivity contribution in [1.29, 1.82) is 10.5 Å². The maximum atomic E-state index is 9.23. The summed E-state index contributed by atoms with van der Waals surface area (Å²) in [6, 6.07) is 13.7. The van der Waals surface area contributed by atoms with Gasteiger partial charge in [0, 0.05) is 17.8 Å². The van der Waals surface area contributed by atoms with Crippen molar-refractivity contribution in [1.82, 2.24) is 14.6 Å². The van der Waals surface area contributed by atoms with Gasteiger partial charge in [-0.15, -0.1) is 5.10 Å². The van der Waals surface area contributed by atoms with Gasteiger partial charge < -0.3 is 10.6 Å². The van der Waals surface area contributed by atoms with Gasteiger partial charge in [0.15, 0.2) is 17.2 Å². The average Bonchev–Trinajstić information content (AvgIpc) is 3.32. The molecule has 0 amide bonds. The van der Waals surface area contributed by atoms with Crippen molar-refractivity contribution in [2.24, 2.45) is 0 Å². The molecule has 3 aromatic rings. The van der Waals surface area contributed by atoms with Crippen LogP contribution in [0.3, 0.4) is 0 Å². The van der Waals surface area contributed by atoms with Gasteiger partial charge in [-0.25, -0.2) is 4.98 Å². The maximum absolute atomic E-state index is 9.23. The Balaban J connectivity index is 1.76. The Morgan fingerprint density at radius 1 is 1.17 bits per heavy atom. The van der Waals surface area contributed by atoms with Gasteiger partial charge in [0.1, 0.15) is 6.07 Å². The summed E-state index contributed by atoms with van der Waals surface area (Å²) in [5, 5.41) is 29.3. The molecule has 1 fully saturated rings. The molecular weight excluding hydrogens is 302 g/mol. The minimum absolute atomic E-state index is 0.373. The van der Waals surface area contributed by atoms with E-state index in [9.17, 15) is 5.26 Å². The first kappa shape index (κ1) is 14.0. The van der Waals surface area contributed by atoms with Crippen LogP contribution in [0.15, 0.2) is 36.5 Å². The molecular formula is C17H13N7. The van der Waals surface area contributed by atoms with Crippen LogP contribution >= 0.6 is 0 Å². The van der Waals surface area contributed by atoms with Crippen LogP contribution in [0, 0.1) is 22.7 Å². The van der Waals surface area contributed by atoms with Crippen LogP contribution in [0.25, 0.3) is 5.65 Å². The molecule has 1 aliphatic carbocycles. The topological polar surface area (TPSA) is 102 Å². The van der Waals surface area contributed by atoms with E-state index in [4.69, 9.17) is 5.26 Å². The molecule has 1 aromatic carbocycles. The molecule has 2 heterocycles. The van der Waals surface area contributed by atoms with Crippen LogP contribution < -0.4 is 10.6 Å². The summed E-state index contributed by atoms with van der Waals surface area (Å²) in [5.41, 5.74) is 3.18.